The number of piperidine rings is 1. The maximum atomic E-state index is 6.05. The maximum absolute atomic E-state index is 6.05. The van der Waals surface area contributed by atoms with Gasteiger partial charge in [0.15, 0.2) is 5.96 Å². The van der Waals surface area contributed by atoms with E-state index in [1.165, 1.54) is 71.0 Å². The molecule has 0 radical (unpaired) electrons. The Morgan fingerprint density at radius 1 is 1.04 bits per heavy atom. The third-order valence-corrected chi connectivity index (χ3v) is 5.32. The first-order valence-electron chi connectivity index (χ1n) is 9.92. The van der Waals surface area contributed by atoms with Crippen LogP contribution in [-0.2, 0) is 0 Å². The molecule has 2 unspecified atom stereocenters. The van der Waals surface area contributed by atoms with Crippen LogP contribution in [-0.4, -0.2) is 43.1 Å². The molecule has 4 nitrogen and oxygen atoms in total. The van der Waals surface area contributed by atoms with Gasteiger partial charge in [-0.3, -0.25) is 4.99 Å². The molecule has 1 heterocycles. The zero-order chi connectivity index (χ0) is 16.5. The lowest BCUT2D eigenvalue weighted by molar-refractivity contribution is 0.139. The van der Waals surface area contributed by atoms with Gasteiger partial charge in [0, 0.05) is 25.7 Å². The van der Waals surface area contributed by atoms with Crippen molar-refractivity contribution >= 4 is 5.96 Å². The standard InChI is InChI=1S/C19H38N4/c1-16-13-17(2)15-23(14-16)12-8-7-11-21-19(20)22-18-9-5-3-4-6-10-18/h16-18H,3-15H2,1-2H3,(H3,20,21,22). The fourth-order valence-electron chi connectivity index (χ4n) is 4.30. The predicted octanol–water partition coefficient (Wildman–Crippen LogP) is 3.37. The number of likely N-dealkylation sites (tertiary alicyclic amines) is 1. The Balaban J connectivity index is 1.56. The van der Waals surface area contributed by atoms with Crippen LogP contribution < -0.4 is 11.1 Å². The molecule has 0 aromatic carbocycles. The van der Waals surface area contributed by atoms with E-state index in [9.17, 15) is 0 Å². The summed E-state index contributed by atoms with van der Waals surface area (Å²) in [4.78, 5) is 7.16. The van der Waals surface area contributed by atoms with Crippen LogP contribution in [0.15, 0.2) is 4.99 Å². The monoisotopic (exact) mass is 322 g/mol. The summed E-state index contributed by atoms with van der Waals surface area (Å²) in [5, 5.41) is 3.43. The lowest BCUT2D eigenvalue weighted by Gasteiger charge is -2.34. The largest absolute Gasteiger partial charge is 0.370 e. The van der Waals surface area contributed by atoms with Gasteiger partial charge in [-0.15, -0.1) is 0 Å². The molecule has 0 bridgehead atoms. The van der Waals surface area contributed by atoms with Gasteiger partial charge in [-0.25, -0.2) is 0 Å². The molecule has 0 aromatic heterocycles. The SMILES string of the molecule is CC1CC(C)CN(CCCCN=C(N)NC2CCCCCC2)C1. The van der Waals surface area contributed by atoms with Crippen molar-refractivity contribution in [2.24, 2.45) is 22.6 Å². The van der Waals surface area contributed by atoms with Crippen LogP contribution in [0.5, 0.6) is 0 Å². The third kappa shape index (κ3) is 7.56. The number of nitrogens with zero attached hydrogens (tertiary/aromatic N) is 2. The molecule has 1 aliphatic carbocycles. The van der Waals surface area contributed by atoms with Gasteiger partial charge in [0.25, 0.3) is 0 Å². The highest BCUT2D eigenvalue weighted by atomic mass is 15.1. The van der Waals surface area contributed by atoms with E-state index in [0.29, 0.717) is 12.0 Å². The van der Waals surface area contributed by atoms with Gasteiger partial charge in [0.1, 0.15) is 0 Å². The van der Waals surface area contributed by atoms with Gasteiger partial charge in [-0.2, -0.15) is 0 Å². The Hall–Kier alpha value is -0.770. The van der Waals surface area contributed by atoms with E-state index in [2.05, 4.69) is 29.1 Å². The molecule has 23 heavy (non-hydrogen) atoms. The summed E-state index contributed by atoms with van der Waals surface area (Å²) in [6, 6.07) is 0.553. The summed E-state index contributed by atoms with van der Waals surface area (Å²) < 4.78 is 0. The van der Waals surface area contributed by atoms with Crippen LogP contribution in [0.25, 0.3) is 0 Å². The van der Waals surface area contributed by atoms with E-state index >= 15 is 0 Å². The van der Waals surface area contributed by atoms with Crippen molar-refractivity contribution in [1.82, 2.24) is 10.2 Å². The van der Waals surface area contributed by atoms with Crippen LogP contribution in [0.1, 0.15) is 71.6 Å². The molecule has 2 rings (SSSR count). The molecule has 1 saturated heterocycles. The number of guanidine groups is 1. The fraction of sp³-hybridized carbons (Fsp3) is 0.947. The maximum Gasteiger partial charge on any atom is 0.188 e. The molecule has 134 valence electrons. The molecule has 0 amide bonds. The third-order valence-electron chi connectivity index (χ3n) is 5.32. The van der Waals surface area contributed by atoms with Gasteiger partial charge in [0.05, 0.1) is 0 Å². The molecular formula is C19H38N4. The highest BCUT2D eigenvalue weighted by Gasteiger charge is 2.20. The molecule has 0 spiro atoms. The van der Waals surface area contributed by atoms with Crippen molar-refractivity contribution in [3.05, 3.63) is 0 Å². The van der Waals surface area contributed by atoms with Crippen molar-refractivity contribution in [3.8, 4) is 0 Å². The van der Waals surface area contributed by atoms with E-state index in [4.69, 9.17) is 5.73 Å². The number of hydrogen-bond acceptors (Lipinski definition) is 2. The second-order valence-electron chi connectivity index (χ2n) is 8.01. The summed E-state index contributed by atoms with van der Waals surface area (Å²) in [6.45, 7) is 9.41. The molecular weight excluding hydrogens is 284 g/mol. The van der Waals surface area contributed by atoms with Crippen LogP contribution >= 0.6 is 0 Å². The highest BCUT2D eigenvalue weighted by Crippen LogP contribution is 2.21. The van der Waals surface area contributed by atoms with Crippen LogP contribution in [0.2, 0.25) is 0 Å². The molecule has 4 heteroatoms. The summed E-state index contributed by atoms with van der Waals surface area (Å²) in [6.07, 6.45) is 11.7. The number of rotatable bonds is 6. The topological polar surface area (TPSA) is 53.6 Å². The normalized spacial score (nSPS) is 28.5. The lowest BCUT2D eigenvalue weighted by Crippen LogP contribution is -2.40. The van der Waals surface area contributed by atoms with Crippen LogP contribution in [0.4, 0.5) is 0 Å². The summed E-state index contributed by atoms with van der Waals surface area (Å²) >= 11 is 0. The summed E-state index contributed by atoms with van der Waals surface area (Å²) in [7, 11) is 0. The second kappa shape index (κ2) is 10.2. The van der Waals surface area contributed by atoms with Crippen molar-refractivity contribution in [2.75, 3.05) is 26.2 Å². The van der Waals surface area contributed by atoms with E-state index in [0.717, 1.165) is 24.8 Å². The number of nitrogens with one attached hydrogen (secondary N) is 1. The molecule has 2 aliphatic rings. The zero-order valence-electron chi connectivity index (χ0n) is 15.4. The molecule has 1 saturated carbocycles. The minimum Gasteiger partial charge on any atom is -0.370 e. The fourth-order valence-corrected chi connectivity index (χ4v) is 4.30. The smallest absolute Gasteiger partial charge is 0.188 e. The van der Waals surface area contributed by atoms with E-state index < -0.39 is 0 Å². The molecule has 2 atom stereocenters. The Bertz CT molecular complexity index is 337. The number of aliphatic imine (C=N–C) groups is 1. The lowest BCUT2D eigenvalue weighted by atomic mass is 9.92. The first kappa shape index (κ1) is 18.6. The van der Waals surface area contributed by atoms with Gasteiger partial charge in [0.2, 0.25) is 0 Å². The van der Waals surface area contributed by atoms with Crippen molar-refractivity contribution in [2.45, 2.75) is 77.7 Å². The minimum atomic E-state index is 0.553. The molecule has 1 aliphatic heterocycles. The molecule has 3 N–H and O–H groups in total. The number of hydrogen-bond donors (Lipinski definition) is 2. The van der Waals surface area contributed by atoms with Crippen LogP contribution in [0, 0.1) is 11.8 Å². The van der Waals surface area contributed by atoms with E-state index in [1.807, 2.05) is 0 Å². The number of unbranched alkanes of at least 4 members (excludes halogenated alkanes) is 1. The van der Waals surface area contributed by atoms with Gasteiger partial charge < -0.3 is 16.0 Å². The first-order chi connectivity index (χ1) is 11.1. The van der Waals surface area contributed by atoms with Crippen LogP contribution in [0.3, 0.4) is 0 Å². The Kier molecular flexibility index (Phi) is 8.21. The van der Waals surface area contributed by atoms with Crippen molar-refractivity contribution in [3.63, 3.8) is 0 Å². The van der Waals surface area contributed by atoms with Crippen molar-refractivity contribution < 1.29 is 0 Å². The zero-order valence-corrected chi connectivity index (χ0v) is 15.4. The van der Waals surface area contributed by atoms with Gasteiger partial charge >= 0.3 is 0 Å². The Morgan fingerprint density at radius 2 is 1.70 bits per heavy atom. The predicted molar refractivity (Wildman–Crippen MR) is 99.7 cm³/mol. The summed E-state index contributed by atoms with van der Waals surface area (Å²) in [5.74, 6) is 2.38. The molecule has 2 fully saturated rings. The van der Waals surface area contributed by atoms with E-state index in [-0.39, 0.29) is 0 Å². The quantitative estimate of drug-likeness (QED) is 0.341. The summed E-state index contributed by atoms with van der Waals surface area (Å²) in [5.41, 5.74) is 6.05. The average molecular weight is 323 g/mol. The Morgan fingerprint density at radius 3 is 2.35 bits per heavy atom. The second-order valence-corrected chi connectivity index (χ2v) is 8.01. The first-order valence-corrected chi connectivity index (χ1v) is 9.92. The minimum absolute atomic E-state index is 0.553. The molecule has 0 aromatic rings. The van der Waals surface area contributed by atoms with E-state index in [1.54, 1.807) is 0 Å². The van der Waals surface area contributed by atoms with Crippen molar-refractivity contribution in [1.29, 1.82) is 0 Å². The van der Waals surface area contributed by atoms with Gasteiger partial charge in [-0.1, -0.05) is 39.5 Å². The van der Waals surface area contributed by atoms with Gasteiger partial charge in [-0.05, 0) is 50.5 Å². The number of nitrogens with two attached hydrogens (primary N) is 1. The Labute approximate surface area is 143 Å². The highest BCUT2D eigenvalue weighted by molar-refractivity contribution is 5.78. The average Bonchev–Trinajstić information content (AvgIpc) is 2.74.